The third-order valence-corrected chi connectivity index (χ3v) is 4.04. The molecule has 0 aliphatic heterocycles. The summed E-state index contributed by atoms with van der Waals surface area (Å²) in [5, 5.41) is 9.30. The van der Waals surface area contributed by atoms with Crippen molar-refractivity contribution in [3.8, 4) is 0 Å². The number of hydrogen-bond donors (Lipinski definition) is 1. The minimum absolute atomic E-state index is 0.160. The van der Waals surface area contributed by atoms with Gasteiger partial charge in [0, 0.05) is 5.92 Å². The highest BCUT2D eigenvalue weighted by Crippen LogP contribution is 2.39. The molecule has 3 rings (SSSR count). The van der Waals surface area contributed by atoms with Crippen LogP contribution in [0, 0.1) is 6.92 Å². The molecule has 0 bridgehead atoms. The fraction of sp³-hybridized carbons (Fsp3) is 0.364. The van der Waals surface area contributed by atoms with E-state index >= 15 is 0 Å². The van der Waals surface area contributed by atoms with Crippen LogP contribution in [0.25, 0.3) is 10.2 Å². The second-order valence-electron chi connectivity index (χ2n) is 4.16. The molecule has 0 unspecified atom stereocenters. The number of aryl methyl sites for hydroxylation is 1. The van der Waals surface area contributed by atoms with Gasteiger partial charge in [0.1, 0.15) is 15.1 Å². The quantitative estimate of drug-likeness (QED) is 0.884. The molecule has 0 atom stereocenters. The molecular formula is C11H9NO4S. The summed E-state index contributed by atoms with van der Waals surface area (Å²) in [5.41, 5.74) is -0.0285. The first-order valence-electron chi connectivity index (χ1n) is 5.25. The highest BCUT2D eigenvalue weighted by molar-refractivity contribution is 7.20. The van der Waals surface area contributed by atoms with Crippen molar-refractivity contribution in [2.24, 2.45) is 0 Å². The molecule has 1 N–H and O–H groups in total. The number of carboxylic acids is 1. The van der Waals surface area contributed by atoms with Gasteiger partial charge in [-0.1, -0.05) is 0 Å². The number of carboxylic acid groups (broad SMARTS) is 1. The molecule has 0 spiro atoms. The van der Waals surface area contributed by atoms with Crippen molar-refractivity contribution in [3.63, 3.8) is 0 Å². The lowest BCUT2D eigenvalue weighted by Crippen LogP contribution is -2.04. The average Bonchev–Trinajstić information content (AvgIpc) is 3.03. The van der Waals surface area contributed by atoms with Crippen LogP contribution in [0.15, 0.2) is 9.21 Å². The molecular weight excluding hydrogens is 242 g/mol. The predicted octanol–water partition coefficient (Wildman–Crippen LogP) is 2.13. The fourth-order valence-corrected chi connectivity index (χ4v) is 2.81. The van der Waals surface area contributed by atoms with Gasteiger partial charge in [0.15, 0.2) is 0 Å². The van der Waals surface area contributed by atoms with E-state index in [-0.39, 0.29) is 10.8 Å². The van der Waals surface area contributed by atoms with Crippen LogP contribution >= 0.6 is 11.3 Å². The molecule has 0 radical (unpaired) electrons. The zero-order valence-electron chi connectivity index (χ0n) is 9.02. The Morgan fingerprint density at radius 1 is 1.53 bits per heavy atom. The molecule has 2 aromatic rings. The third kappa shape index (κ3) is 1.56. The van der Waals surface area contributed by atoms with Crippen molar-refractivity contribution >= 4 is 27.5 Å². The Bertz CT molecular complexity index is 681. The molecule has 17 heavy (non-hydrogen) atoms. The Hall–Kier alpha value is -1.69. The van der Waals surface area contributed by atoms with Crippen molar-refractivity contribution in [1.29, 1.82) is 0 Å². The van der Waals surface area contributed by atoms with Gasteiger partial charge in [-0.2, -0.15) is 0 Å². The minimum Gasteiger partial charge on any atom is -0.477 e. The van der Waals surface area contributed by atoms with E-state index in [9.17, 15) is 9.59 Å². The standard InChI is InChI=1S/C11H9NO4S/c1-4-6-9(17-7(4)10(13)14)12-8(5-2-3-5)16-11(6)15/h5H,2-3H2,1H3,(H,13,14). The number of carbonyl (C=O) groups is 1. The summed E-state index contributed by atoms with van der Waals surface area (Å²) in [6.07, 6.45) is 1.97. The van der Waals surface area contributed by atoms with Crippen LogP contribution in [0.3, 0.4) is 0 Å². The van der Waals surface area contributed by atoms with Crippen molar-refractivity contribution in [2.45, 2.75) is 25.7 Å². The van der Waals surface area contributed by atoms with Crippen LogP contribution in [0.2, 0.25) is 0 Å². The Kier molecular flexibility index (Phi) is 2.09. The third-order valence-electron chi connectivity index (χ3n) is 2.86. The molecule has 1 aliphatic carbocycles. The number of nitrogens with zero attached hydrogens (tertiary/aromatic N) is 1. The summed E-state index contributed by atoms with van der Waals surface area (Å²) in [4.78, 5) is 27.7. The zero-order valence-corrected chi connectivity index (χ0v) is 9.84. The molecule has 0 aromatic carbocycles. The molecule has 88 valence electrons. The maximum atomic E-state index is 11.8. The number of thiophene rings is 1. The van der Waals surface area contributed by atoms with Gasteiger partial charge in [-0.3, -0.25) is 0 Å². The van der Waals surface area contributed by atoms with E-state index in [2.05, 4.69) is 4.98 Å². The van der Waals surface area contributed by atoms with Gasteiger partial charge >= 0.3 is 11.6 Å². The maximum Gasteiger partial charge on any atom is 0.348 e. The molecule has 1 fully saturated rings. The van der Waals surface area contributed by atoms with Gasteiger partial charge < -0.3 is 9.52 Å². The van der Waals surface area contributed by atoms with E-state index in [0.717, 1.165) is 24.2 Å². The molecule has 1 aliphatic rings. The number of hydrogen-bond acceptors (Lipinski definition) is 5. The maximum absolute atomic E-state index is 11.8. The zero-order chi connectivity index (χ0) is 12.2. The van der Waals surface area contributed by atoms with Gasteiger partial charge in [0.25, 0.3) is 0 Å². The second kappa shape index (κ2) is 3.40. The summed E-state index contributed by atoms with van der Waals surface area (Å²) in [7, 11) is 0. The first kappa shape index (κ1) is 10.5. The van der Waals surface area contributed by atoms with Crippen LogP contribution in [-0.2, 0) is 0 Å². The molecule has 1 saturated carbocycles. The minimum atomic E-state index is -1.03. The van der Waals surface area contributed by atoms with Crippen molar-refractivity contribution in [1.82, 2.24) is 4.98 Å². The Morgan fingerprint density at radius 3 is 2.82 bits per heavy atom. The van der Waals surface area contributed by atoms with E-state index in [1.54, 1.807) is 6.92 Å². The topological polar surface area (TPSA) is 80.4 Å². The Morgan fingerprint density at radius 2 is 2.24 bits per heavy atom. The van der Waals surface area contributed by atoms with Gasteiger partial charge in [0.05, 0.1) is 0 Å². The lowest BCUT2D eigenvalue weighted by molar-refractivity contribution is 0.0701. The average molecular weight is 251 g/mol. The van der Waals surface area contributed by atoms with E-state index in [1.165, 1.54) is 0 Å². The number of aromatic carboxylic acids is 1. The number of fused-ring (bicyclic) bond motifs is 1. The normalized spacial score (nSPS) is 15.4. The lowest BCUT2D eigenvalue weighted by Gasteiger charge is -1.95. The van der Waals surface area contributed by atoms with Crippen LogP contribution in [0.5, 0.6) is 0 Å². The molecule has 6 heteroatoms. The molecule has 2 aromatic heterocycles. The van der Waals surface area contributed by atoms with Crippen LogP contribution in [0.4, 0.5) is 0 Å². The van der Waals surface area contributed by atoms with Gasteiger partial charge in [-0.25, -0.2) is 14.6 Å². The Labute approximate surface area is 99.7 Å². The largest absolute Gasteiger partial charge is 0.477 e. The first-order chi connectivity index (χ1) is 8.08. The Balaban J connectivity index is 2.32. The van der Waals surface area contributed by atoms with Crippen molar-refractivity contribution < 1.29 is 14.3 Å². The SMILES string of the molecule is Cc1c(C(=O)O)sc2nc(C3CC3)oc(=O)c12. The van der Waals surface area contributed by atoms with E-state index < -0.39 is 11.6 Å². The molecule has 0 saturated heterocycles. The summed E-state index contributed by atoms with van der Waals surface area (Å²) in [6, 6.07) is 0. The van der Waals surface area contributed by atoms with E-state index in [4.69, 9.17) is 9.52 Å². The van der Waals surface area contributed by atoms with Crippen molar-refractivity contribution in [3.05, 3.63) is 26.8 Å². The number of aromatic nitrogens is 1. The van der Waals surface area contributed by atoms with Gasteiger partial charge in [-0.05, 0) is 25.3 Å². The highest BCUT2D eigenvalue weighted by Gasteiger charge is 2.30. The number of rotatable bonds is 2. The summed E-state index contributed by atoms with van der Waals surface area (Å²) >= 11 is 1.03. The fourth-order valence-electron chi connectivity index (χ4n) is 1.80. The first-order valence-corrected chi connectivity index (χ1v) is 6.07. The summed E-state index contributed by atoms with van der Waals surface area (Å²) in [5.74, 6) is -0.346. The van der Waals surface area contributed by atoms with Crippen molar-refractivity contribution in [2.75, 3.05) is 0 Å². The predicted molar refractivity (Wildman–Crippen MR) is 61.8 cm³/mol. The highest BCUT2D eigenvalue weighted by atomic mass is 32.1. The molecule has 2 heterocycles. The molecule has 0 amide bonds. The summed E-state index contributed by atoms with van der Waals surface area (Å²) in [6.45, 7) is 1.61. The lowest BCUT2D eigenvalue weighted by atomic mass is 10.2. The van der Waals surface area contributed by atoms with Crippen LogP contribution in [-0.4, -0.2) is 16.1 Å². The van der Waals surface area contributed by atoms with E-state index in [1.807, 2.05) is 0 Å². The molecule has 5 nitrogen and oxygen atoms in total. The van der Waals surface area contributed by atoms with Gasteiger partial charge in [-0.15, -0.1) is 11.3 Å². The second-order valence-corrected chi connectivity index (χ2v) is 5.15. The van der Waals surface area contributed by atoms with Crippen LogP contribution < -0.4 is 5.63 Å². The monoisotopic (exact) mass is 251 g/mol. The van der Waals surface area contributed by atoms with Gasteiger partial charge in [0.2, 0.25) is 5.89 Å². The smallest absolute Gasteiger partial charge is 0.348 e. The van der Waals surface area contributed by atoms with E-state index in [0.29, 0.717) is 21.7 Å². The summed E-state index contributed by atoms with van der Waals surface area (Å²) < 4.78 is 5.14. The van der Waals surface area contributed by atoms with Crippen LogP contribution in [0.1, 0.15) is 39.9 Å².